The normalized spacial score (nSPS) is 14.2. The smallest absolute Gasteiger partial charge is 0.233 e. The molecule has 6 nitrogen and oxygen atoms in total. The van der Waals surface area contributed by atoms with Crippen LogP contribution in [0.1, 0.15) is 46.2 Å². The summed E-state index contributed by atoms with van der Waals surface area (Å²) in [5, 5.41) is 14.8. The van der Waals surface area contributed by atoms with Crippen molar-refractivity contribution in [2.45, 2.75) is 56.6 Å². The van der Waals surface area contributed by atoms with Gasteiger partial charge in [-0.25, -0.2) is 9.07 Å². The van der Waals surface area contributed by atoms with Gasteiger partial charge < -0.3 is 5.32 Å². The third-order valence-electron chi connectivity index (χ3n) is 3.46. The number of hydrogen-bond acceptors (Lipinski definition) is 5. The molecule has 0 aliphatic heterocycles. The van der Waals surface area contributed by atoms with Crippen LogP contribution in [0.2, 0.25) is 0 Å². The van der Waals surface area contributed by atoms with Gasteiger partial charge in [0.2, 0.25) is 11.1 Å². The number of amides is 1. The van der Waals surface area contributed by atoms with E-state index in [1.165, 1.54) is 23.9 Å². The van der Waals surface area contributed by atoms with E-state index in [0.717, 1.165) is 5.56 Å². The van der Waals surface area contributed by atoms with Gasteiger partial charge in [0.25, 0.3) is 0 Å². The van der Waals surface area contributed by atoms with Gasteiger partial charge >= 0.3 is 0 Å². The van der Waals surface area contributed by atoms with Crippen molar-refractivity contribution in [1.82, 2.24) is 25.5 Å². The van der Waals surface area contributed by atoms with Gasteiger partial charge in [-0.15, -0.1) is 5.10 Å². The zero-order valence-electron chi connectivity index (χ0n) is 14.4. The number of carbonyl (C=O) groups excluding carboxylic acids is 1. The first-order valence-electron chi connectivity index (χ1n) is 7.70. The van der Waals surface area contributed by atoms with Crippen molar-refractivity contribution in [1.29, 1.82) is 0 Å². The van der Waals surface area contributed by atoms with E-state index in [1.807, 2.05) is 27.7 Å². The van der Waals surface area contributed by atoms with Crippen LogP contribution in [0.4, 0.5) is 4.39 Å². The largest absolute Gasteiger partial charge is 0.349 e. The highest BCUT2D eigenvalue weighted by molar-refractivity contribution is 8.00. The molecule has 2 unspecified atom stereocenters. The molecule has 2 rings (SSSR count). The summed E-state index contributed by atoms with van der Waals surface area (Å²) in [6, 6.07) is 5.89. The first-order chi connectivity index (χ1) is 11.2. The maximum Gasteiger partial charge on any atom is 0.233 e. The zero-order chi connectivity index (χ0) is 17.9. The second kappa shape index (κ2) is 7.29. The Bertz CT molecular complexity index is 695. The molecule has 2 aromatic rings. The first kappa shape index (κ1) is 18.4. The summed E-state index contributed by atoms with van der Waals surface area (Å²) in [6.45, 7) is 9.65. The van der Waals surface area contributed by atoms with Crippen molar-refractivity contribution in [3.63, 3.8) is 0 Å². The lowest BCUT2D eigenvalue weighted by Gasteiger charge is -2.21. The molecule has 0 saturated heterocycles. The fourth-order valence-electron chi connectivity index (χ4n) is 2.05. The van der Waals surface area contributed by atoms with Crippen molar-refractivity contribution < 1.29 is 9.18 Å². The van der Waals surface area contributed by atoms with E-state index in [1.54, 1.807) is 23.7 Å². The van der Waals surface area contributed by atoms with Crippen LogP contribution < -0.4 is 5.32 Å². The van der Waals surface area contributed by atoms with E-state index in [-0.39, 0.29) is 28.6 Å². The molecule has 0 aliphatic rings. The lowest BCUT2D eigenvalue weighted by Crippen LogP contribution is -2.33. The van der Waals surface area contributed by atoms with Crippen LogP contribution in [0.3, 0.4) is 0 Å². The number of nitrogens with zero attached hydrogens (tertiary/aromatic N) is 4. The Morgan fingerprint density at radius 2 is 1.88 bits per heavy atom. The third kappa shape index (κ3) is 4.53. The molecular weight excluding hydrogens is 329 g/mol. The van der Waals surface area contributed by atoms with Crippen LogP contribution in [0.25, 0.3) is 0 Å². The van der Waals surface area contributed by atoms with Gasteiger partial charge in [0.05, 0.1) is 16.8 Å². The minimum absolute atomic E-state index is 0.125. The second-order valence-electron chi connectivity index (χ2n) is 6.59. The predicted molar refractivity (Wildman–Crippen MR) is 91.1 cm³/mol. The molecular formula is C16H22FN5OS. The van der Waals surface area contributed by atoms with Crippen LogP contribution >= 0.6 is 11.8 Å². The first-order valence-corrected chi connectivity index (χ1v) is 8.58. The summed E-state index contributed by atoms with van der Waals surface area (Å²) in [7, 11) is 0. The third-order valence-corrected chi connectivity index (χ3v) is 4.49. The fourth-order valence-corrected chi connectivity index (χ4v) is 3.04. The zero-order valence-corrected chi connectivity index (χ0v) is 15.3. The van der Waals surface area contributed by atoms with Crippen LogP contribution in [0.5, 0.6) is 0 Å². The summed E-state index contributed by atoms with van der Waals surface area (Å²) >= 11 is 1.31. The summed E-state index contributed by atoms with van der Waals surface area (Å²) < 4.78 is 14.7. The monoisotopic (exact) mass is 351 g/mol. The molecule has 1 N–H and O–H groups in total. The van der Waals surface area contributed by atoms with E-state index in [4.69, 9.17) is 0 Å². The number of hydrogen-bond donors (Lipinski definition) is 1. The van der Waals surface area contributed by atoms with Gasteiger partial charge in [-0.3, -0.25) is 4.79 Å². The highest BCUT2D eigenvalue weighted by Crippen LogP contribution is 2.25. The van der Waals surface area contributed by atoms with Gasteiger partial charge in [-0.05, 0) is 62.7 Å². The molecule has 1 amide bonds. The van der Waals surface area contributed by atoms with Crippen LogP contribution in [-0.4, -0.2) is 31.4 Å². The average Bonchev–Trinajstić information content (AvgIpc) is 2.96. The Labute approximate surface area is 145 Å². The quantitative estimate of drug-likeness (QED) is 0.839. The summed E-state index contributed by atoms with van der Waals surface area (Å²) in [6.07, 6.45) is 0. The van der Waals surface area contributed by atoms with Crippen molar-refractivity contribution in [2.75, 3.05) is 0 Å². The minimum Gasteiger partial charge on any atom is -0.349 e. The number of tetrazole rings is 1. The standard InChI is InChI=1S/C16H22FN5OS/c1-10(12-6-8-13(17)9-7-12)18-14(23)11(2)24-15-19-20-21-22(15)16(3,4)5/h6-11H,1-5H3,(H,18,23). The van der Waals surface area contributed by atoms with E-state index in [0.29, 0.717) is 5.16 Å². The van der Waals surface area contributed by atoms with Gasteiger partial charge in [0.1, 0.15) is 5.82 Å². The number of carbonyl (C=O) groups is 1. The number of rotatable bonds is 5. The molecule has 0 bridgehead atoms. The lowest BCUT2D eigenvalue weighted by atomic mass is 10.1. The highest BCUT2D eigenvalue weighted by Gasteiger charge is 2.24. The number of benzene rings is 1. The minimum atomic E-state index is -0.361. The molecule has 0 fully saturated rings. The molecule has 1 heterocycles. The Balaban J connectivity index is 2.00. The average molecular weight is 351 g/mol. The summed E-state index contributed by atoms with van der Waals surface area (Å²) in [5.41, 5.74) is 0.588. The van der Waals surface area contributed by atoms with Crippen LogP contribution in [0, 0.1) is 5.82 Å². The van der Waals surface area contributed by atoms with Crippen molar-refractivity contribution in [3.8, 4) is 0 Å². The Morgan fingerprint density at radius 1 is 1.25 bits per heavy atom. The summed E-state index contributed by atoms with van der Waals surface area (Å²) in [5.74, 6) is -0.421. The van der Waals surface area contributed by atoms with E-state index < -0.39 is 0 Å². The van der Waals surface area contributed by atoms with Crippen molar-refractivity contribution >= 4 is 17.7 Å². The molecule has 2 atom stereocenters. The lowest BCUT2D eigenvalue weighted by molar-refractivity contribution is -0.120. The maximum absolute atomic E-state index is 13.0. The maximum atomic E-state index is 13.0. The van der Waals surface area contributed by atoms with Crippen LogP contribution in [-0.2, 0) is 10.3 Å². The molecule has 0 aliphatic carbocycles. The number of thioether (sulfide) groups is 1. The van der Waals surface area contributed by atoms with Gasteiger partial charge in [0.15, 0.2) is 0 Å². The molecule has 0 saturated carbocycles. The van der Waals surface area contributed by atoms with Gasteiger partial charge in [-0.1, -0.05) is 23.9 Å². The van der Waals surface area contributed by atoms with Crippen LogP contribution in [0.15, 0.2) is 29.4 Å². The van der Waals surface area contributed by atoms with Crippen molar-refractivity contribution in [2.24, 2.45) is 0 Å². The Morgan fingerprint density at radius 3 is 2.46 bits per heavy atom. The second-order valence-corrected chi connectivity index (χ2v) is 7.89. The predicted octanol–water partition coefficient (Wildman–Crippen LogP) is 2.93. The number of halogens is 1. The molecule has 1 aromatic carbocycles. The molecule has 1 aromatic heterocycles. The van der Waals surface area contributed by atoms with E-state index in [9.17, 15) is 9.18 Å². The van der Waals surface area contributed by atoms with Crippen molar-refractivity contribution in [3.05, 3.63) is 35.6 Å². The summed E-state index contributed by atoms with van der Waals surface area (Å²) in [4.78, 5) is 12.4. The van der Waals surface area contributed by atoms with E-state index in [2.05, 4.69) is 20.8 Å². The highest BCUT2D eigenvalue weighted by atomic mass is 32.2. The molecule has 0 radical (unpaired) electrons. The molecule has 24 heavy (non-hydrogen) atoms. The van der Waals surface area contributed by atoms with E-state index >= 15 is 0 Å². The Kier molecular flexibility index (Phi) is 5.58. The Hall–Kier alpha value is -1.96. The number of nitrogens with one attached hydrogen (secondary N) is 1. The SMILES string of the molecule is CC(Sc1nnnn1C(C)(C)C)C(=O)NC(C)c1ccc(F)cc1. The molecule has 8 heteroatoms. The van der Waals surface area contributed by atoms with Gasteiger partial charge in [-0.2, -0.15) is 0 Å². The molecule has 0 spiro atoms. The van der Waals surface area contributed by atoms with Gasteiger partial charge in [0, 0.05) is 0 Å². The topological polar surface area (TPSA) is 72.7 Å². The fraction of sp³-hybridized carbons (Fsp3) is 0.500. The molecule has 130 valence electrons. The number of aromatic nitrogens is 4.